The van der Waals surface area contributed by atoms with Gasteiger partial charge in [-0.15, -0.1) is 0 Å². The molecular formula is C20H15N3O4. The van der Waals surface area contributed by atoms with Gasteiger partial charge in [0.05, 0.1) is 28.6 Å². The third-order valence-corrected chi connectivity index (χ3v) is 3.85. The fourth-order valence-electron chi connectivity index (χ4n) is 2.61. The first-order valence-corrected chi connectivity index (χ1v) is 8.02. The number of ether oxygens (including phenoxy) is 2. The first-order chi connectivity index (χ1) is 13.1. The maximum Gasteiger partial charge on any atom is 0.278 e. The third-order valence-electron chi connectivity index (χ3n) is 3.85. The molecule has 2 aromatic carbocycles. The van der Waals surface area contributed by atoms with Gasteiger partial charge in [-0.25, -0.2) is 4.98 Å². The Labute approximate surface area is 155 Å². The average molecular weight is 361 g/mol. The second-order valence-electron chi connectivity index (χ2n) is 5.53. The van der Waals surface area contributed by atoms with E-state index in [0.29, 0.717) is 28.1 Å². The summed E-state index contributed by atoms with van der Waals surface area (Å²) < 4.78 is 10.6. The number of nitro benzene ring substituents is 1. The number of non-ortho nitro benzene ring substituents is 1. The summed E-state index contributed by atoms with van der Waals surface area (Å²) in [6, 6.07) is 15.5. The highest BCUT2D eigenvalue weighted by Gasteiger charge is 2.11. The van der Waals surface area contributed by atoms with E-state index < -0.39 is 4.92 Å². The topological polar surface area (TPSA) is 98.3 Å². The minimum Gasteiger partial charge on any atom is -0.493 e. The Morgan fingerprint density at radius 3 is 2.78 bits per heavy atom. The zero-order chi connectivity index (χ0) is 19.2. The van der Waals surface area contributed by atoms with Crippen molar-refractivity contribution in [1.82, 2.24) is 4.98 Å². The van der Waals surface area contributed by atoms with Crippen LogP contribution in [0.5, 0.6) is 11.5 Å². The summed E-state index contributed by atoms with van der Waals surface area (Å²) in [7, 11) is 1.53. The van der Waals surface area contributed by atoms with Crippen molar-refractivity contribution in [1.29, 1.82) is 5.26 Å². The van der Waals surface area contributed by atoms with Gasteiger partial charge in [-0.1, -0.05) is 18.2 Å². The molecule has 0 aliphatic rings. The number of pyridine rings is 1. The number of benzene rings is 2. The van der Waals surface area contributed by atoms with Gasteiger partial charge in [-0.3, -0.25) is 10.1 Å². The fraction of sp³-hybridized carbons (Fsp3) is 0.100. The van der Waals surface area contributed by atoms with Crippen LogP contribution < -0.4 is 9.47 Å². The molecule has 134 valence electrons. The van der Waals surface area contributed by atoms with Gasteiger partial charge in [-0.2, -0.15) is 5.26 Å². The van der Waals surface area contributed by atoms with E-state index in [0.717, 1.165) is 5.56 Å². The molecule has 0 aliphatic carbocycles. The van der Waals surface area contributed by atoms with Crippen molar-refractivity contribution >= 4 is 28.7 Å². The molecule has 0 saturated carbocycles. The molecule has 0 unspecified atom stereocenters. The van der Waals surface area contributed by atoms with Crippen LogP contribution in [0.1, 0.15) is 11.3 Å². The van der Waals surface area contributed by atoms with Crippen LogP contribution in [0.2, 0.25) is 0 Å². The highest BCUT2D eigenvalue weighted by molar-refractivity contribution is 5.89. The van der Waals surface area contributed by atoms with Crippen LogP contribution in [-0.4, -0.2) is 23.6 Å². The Bertz CT molecular complexity index is 1070. The Morgan fingerprint density at radius 1 is 1.19 bits per heavy atom. The van der Waals surface area contributed by atoms with Crippen LogP contribution in [0.25, 0.3) is 23.1 Å². The molecule has 0 aliphatic heterocycles. The van der Waals surface area contributed by atoms with Crippen molar-refractivity contribution < 1.29 is 14.4 Å². The monoisotopic (exact) mass is 361 g/mol. The number of nitrogens with zero attached hydrogens (tertiary/aromatic N) is 3. The average Bonchev–Trinajstić information content (AvgIpc) is 2.70. The zero-order valence-electron chi connectivity index (χ0n) is 14.5. The van der Waals surface area contributed by atoms with E-state index in [1.807, 2.05) is 24.3 Å². The van der Waals surface area contributed by atoms with Crippen LogP contribution >= 0.6 is 0 Å². The molecule has 0 radical (unpaired) electrons. The Morgan fingerprint density at radius 2 is 2.04 bits per heavy atom. The number of aromatic nitrogens is 1. The number of methoxy groups -OCH3 is 1. The second-order valence-corrected chi connectivity index (χ2v) is 5.53. The van der Waals surface area contributed by atoms with Crippen LogP contribution in [-0.2, 0) is 0 Å². The van der Waals surface area contributed by atoms with Crippen LogP contribution in [0.4, 0.5) is 5.69 Å². The highest BCUT2D eigenvalue weighted by atomic mass is 16.6. The van der Waals surface area contributed by atoms with Crippen molar-refractivity contribution in [2.45, 2.75) is 0 Å². The Kier molecular flexibility index (Phi) is 5.28. The molecule has 0 bridgehead atoms. The molecule has 0 spiro atoms. The van der Waals surface area contributed by atoms with Crippen molar-refractivity contribution in [3.63, 3.8) is 0 Å². The molecule has 1 heterocycles. The predicted molar refractivity (Wildman–Crippen MR) is 101 cm³/mol. The van der Waals surface area contributed by atoms with Gasteiger partial charge in [0, 0.05) is 6.07 Å². The van der Waals surface area contributed by atoms with Crippen LogP contribution in [0, 0.1) is 21.4 Å². The Balaban J connectivity index is 1.87. The smallest absolute Gasteiger partial charge is 0.278 e. The van der Waals surface area contributed by atoms with Crippen molar-refractivity contribution in [3.05, 3.63) is 69.9 Å². The maximum absolute atomic E-state index is 11.1. The molecule has 0 amide bonds. The normalized spacial score (nSPS) is 10.7. The van der Waals surface area contributed by atoms with Gasteiger partial charge < -0.3 is 9.47 Å². The summed E-state index contributed by atoms with van der Waals surface area (Å²) >= 11 is 0. The molecule has 7 heteroatoms. The quantitative estimate of drug-likeness (QED) is 0.481. The van der Waals surface area contributed by atoms with Gasteiger partial charge in [0.15, 0.2) is 18.1 Å². The van der Waals surface area contributed by atoms with E-state index >= 15 is 0 Å². The molecule has 27 heavy (non-hydrogen) atoms. The lowest BCUT2D eigenvalue weighted by Crippen LogP contribution is -1.96. The summed E-state index contributed by atoms with van der Waals surface area (Å²) in [6.07, 6.45) is 3.66. The largest absolute Gasteiger partial charge is 0.493 e. The van der Waals surface area contributed by atoms with E-state index in [1.54, 1.807) is 36.4 Å². The molecule has 0 atom stereocenters. The van der Waals surface area contributed by atoms with Crippen molar-refractivity contribution in [2.75, 3.05) is 13.7 Å². The first-order valence-electron chi connectivity index (χ1n) is 8.02. The molecule has 7 nitrogen and oxygen atoms in total. The lowest BCUT2D eigenvalue weighted by Gasteiger charge is -2.08. The SMILES string of the molecule is COc1cc(/C=C/c2ccc3c([N+](=O)[O-])cccc3n2)ccc1OCC#N. The fourth-order valence-corrected chi connectivity index (χ4v) is 2.61. The molecule has 1 aromatic heterocycles. The maximum atomic E-state index is 11.1. The number of hydrogen-bond acceptors (Lipinski definition) is 6. The zero-order valence-corrected chi connectivity index (χ0v) is 14.5. The molecule has 0 N–H and O–H groups in total. The minimum absolute atomic E-state index is 0.0354. The number of nitriles is 1. The number of nitro groups is 1. The summed E-state index contributed by atoms with van der Waals surface area (Å²) in [5.41, 5.74) is 2.13. The number of fused-ring (bicyclic) bond motifs is 1. The van der Waals surface area contributed by atoms with E-state index in [1.165, 1.54) is 13.2 Å². The van der Waals surface area contributed by atoms with Crippen molar-refractivity contribution in [3.8, 4) is 17.6 Å². The van der Waals surface area contributed by atoms with E-state index in [2.05, 4.69) is 4.98 Å². The number of rotatable bonds is 6. The van der Waals surface area contributed by atoms with Gasteiger partial charge >= 0.3 is 0 Å². The summed E-state index contributed by atoms with van der Waals surface area (Å²) in [4.78, 5) is 15.1. The van der Waals surface area contributed by atoms with E-state index in [4.69, 9.17) is 14.7 Å². The lowest BCUT2D eigenvalue weighted by atomic mass is 10.1. The summed E-state index contributed by atoms with van der Waals surface area (Å²) in [5, 5.41) is 20.2. The lowest BCUT2D eigenvalue weighted by molar-refractivity contribution is -0.383. The standard InChI is InChI=1S/C20H15N3O4/c1-26-20-13-14(6-10-19(20)27-12-11-21)5-7-15-8-9-16-17(22-15)3-2-4-18(16)23(24)25/h2-10,13H,12H2,1H3/b7-5+. The van der Waals surface area contributed by atoms with Gasteiger partial charge in [0.2, 0.25) is 0 Å². The number of hydrogen-bond donors (Lipinski definition) is 0. The van der Waals surface area contributed by atoms with Crippen LogP contribution in [0.3, 0.4) is 0 Å². The predicted octanol–water partition coefficient (Wildman–Crippen LogP) is 4.22. The first kappa shape index (κ1) is 17.9. The van der Waals surface area contributed by atoms with Gasteiger partial charge in [0.1, 0.15) is 6.07 Å². The van der Waals surface area contributed by atoms with Crippen LogP contribution in [0.15, 0.2) is 48.5 Å². The molecule has 0 saturated heterocycles. The van der Waals surface area contributed by atoms with E-state index in [9.17, 15) is 10.1 Å². The van der Waals surface area contributed by atoms with Crippen molar-refractivity contribution in [2.24, 2.45) is 0 Å². The molecule has 0 fully saturated rings. The second kappa shape index (κ2) is 7.97. The minimum atomic E-state index is -0.415. The Hall–Kier alpha value is -3.92. The van der Waals surface area contributed by atoms with Gasteiger partial charge in [0.25, 0.3) is 5.69 Å². The van der Waals surface area contributed by atoms with E-state index in [-0.39, 0.29) is 12.3 Å². The van der Waals surface area contributed by atoms with Gasteiger partial charge in [-0.05, 0) is 42.0 Å². The summed E-state index contributed by atoms with van der Waals surface area (Å²) in [6.45, 7) is -0.0569. The summed E-state index contributed by atoms with van der Waals surface area (Å²) in [5.74, 6) is 1.02. The highest BCUT2D eigenvalue weighted by Crippen LogP contribution is 2.29. The molecule has 3 aromatic rings. The molecule has 3 rings (SSSR count). The molecular weight excluding hydrogens is 346 g/mol. The third kappa shape index (κ3) is 4.02.